The van der Waals surface area contributed by atoms with Gasteiger partial charge in [-0.25, -0.2) is 0 Å². The number of nitrogens with zero attached hydrogens (tertiary/aromatic N) is 2. The minimum absolute atomic E-state index is 0.355. The van der Waals surface area contributed by atoms with E-state index in [9.17, 15) is 0 Å². The maximum atomic E-state index is 6.28. The molecule has 2 saturated carbocycles. The molecule has 3 nitrogen and oxygen atoms in total. The fourth-order valence-corrected chi connectivity index (χ4v) is 5.17. The Morgan fingerprint density at radius 1 is 1.28 bits per heavy atom. The van der Waals surface area contributed by atoms with Crippen molar-refractivity contribution in [2.45, 2.75) is 50.6 Å². The molecule has 3 aliphatic rings. The minimum atomic E-state index is 0.355. The highest BCUT2D eigenvalue weighted by Gasteiger charge is 2.54. The van der Waals surface area contributed by atoms with E-state index in [0.29, 0.717) is 11.6 Å². The predicted molar refractivity (Wildman–Crippen MR) is 75.5 cm³/mol. The Morgan fingerprint density at radius 3 is 2.72 bits per heavy atom. The number of nitrogens with two attached hydrogens (primary N) is 1. The third-order valence-corrected chi connectivity index (χ3v) is 5.92. The molecule has 1 heterocycles. The molecule has 104 valence electrons. The Balaban J connectivity index is 1.82. The predicted octanol–water partition coefficient (Wildman–Crippen LogP) is 1.53. The number of hydrogen-bond acceptors (Lipinski definition) is 3. The number of likely N-dealkylation sites (N-methyl/N-ethyl adjacent to an activating group) is 1. The van der Waals surface area contributed by atoms with E-state index in [2.05, 4.69) is 23.8 Å². The summed E-state index contributed by atoms with van der Waals surface area (Å²) in [5.41, 5.74) is 6.63. The molecular weight excluding hydrogens is 222 g/mol. The molecule has 3 fully saturated rings. The van der Waals surface area contributed by atoms with E-state index in [1.165, 1.54) is 51.7 Å². The van der Waals surface area contributed by atoms with Crippen molar-refractivity contribution in [1.82, 2.24) is 9.80 Å². The molecule has 4 atom stereocenters. The van der Waals surface area contributed by atoms with Gasteiger partial charge in [-0.2, -0.15) is 0 Å². The van der Waals surface area contributed by atoms with Crippen molar-refractivity contribution in [2.24, 2.45) is 17.6 Å². The molecule has 0 aromatic rings. The molecule has 0 amide bonds. The van der Waals surface area contributed by atoms with Crippen molar-refractivity contribution in [3.05, 3.63) is 0 Å². The zero-order valence-electron chi connectivity index (χ0n) is 12.1. The second kappa shape index (κ2) is 4.77. The lowest BCUT2D eigenvalue weighted by atomic mass is 9.78. The van der Waals surface area contributed by atoms with Crippen molar-refractivity contribution in [2.75, 3.05) is 33.2 Å². The molecule has 3 rings (SSSR count). The second-order valence-corrected chi connectivity index (χ2v) is 7.05. The summed E-state index contributed by atoms with van der Waals surface area (Å²) in [6.07, 6.45) is 7.04. The molecular formula is C15H29N3. The van der Waals surface area contributed by atoms with Crippen molar-refractivity contribution >= 4 is 0 Å². The molecule has 2 aliphatic carbocycles. The molecule has 0 aromatic carbocycles. The van der Waals surface area contributed by atoms with E-state index in [4.69, 9.17) is 5.73 Å². The van der Waals surface area contributed by atoms with Crippen LogP contribution in [0.4, 0.5) is 0 Å². The van der Waals surface area contributed by atoms with Crippen LogP contribution >= 0.6 is 0 Å². The molecule has 1 aliphatic heterocycles. The first kappa shape index (κ1) is 12.9. The molecule has 2 bridgehead atoms. The summed E-state index contributed by atoms with van der Waals surface area (Å²) in [5, 5.41) is 0. The molecule has 2 N–H and O–H groups in total. The van der Waals surface area contributed by atoms with Crippen LogP contribution in [0, 0.1) is 11.8 Å². The highest BCUT2D eigenvalue weighted by Crippen LogP contribution is 2.53. The van der Waals surface area contributed by atoms with E-state index in [1.54, 1.807) is 0 Å². The third-order valence-electron chi connectivity index (χ3n) is 5.92. The monoisotopic (exact) mass is 251 g/mol. The van der Waals surface area contributed by atoms with E-state index < -0.39 is 0 Å². The molecule has 0 radical (unpaired) electrons. The Kier molecular flexibility index (Phi) is 3.41. The Morgan fingerprint density at radius 2 is 2.11 bits per heavy atom. The van der Waals surface area contributed by atoms with Crippen molar-refractivity contribution < 1.29 is 0 Å². The first-order valence-corrected chi connectivity index (χ1v) is 7.81. The summed E-state index contributed by atoms with van der Waals surface area (Å²) in [6, 6.07) is 0.667. The van der Waals surface area contributed by atoms with Crippen LogP contribution in [0.5, 0.6) is 0 Å². The lowest BCUT2D eigenvalue weighted by Crippen LogP contribution is -2.61. The molecule has 4 unspecified atom stereocenters. The van der Waals surface area contributed by atoms with Crippen molar-refractivity contribution in [1.29, 1.82) is 0 Å². The minimum Gasteiger partial charge on any atom is -0.329 e. The number of hydrogen-bond donors (Lipinski definition) is 1. The van der Waals surface area contributed by atoms with Crippen LogP contribution in [-0.2, 0) is 0 Å². The largest absolute Gasteiger partial charge is 0.329 e. The molecule has 0 spiro atoms. The first-order chi connectivity index (χ1) is 8.65. The molecule has 1 saturated heterocycles. The number of fused-ring (bicyclic) bond motifs is 2. The summed E-state index contributed by atoms with van der Waals surface area (Å²) < 4.78 is 0. The van der Waals surface area contributed by atoms with E-state index in [-0.39, 0.29) is 0 Å². The SMILES string of the molecule is CC1CN(C)CCCN1C1(CN)CC2CCC1C2. The van der Waals surface area contributed by atoms with Crippen LogP contribution in [0.1, 0.15) is 39.0 Å². The lowest BCUT2D eigenvalue weighted by molar-refractivity contribution is 0.0130. The Bertz CT molecular complexity index is 306. The zero-order chi connectivity index (χ0) is 12.8. The zero-order valence-corrected chi connectivity index (χ0v) is 12.1. The van der Waals surface area contributed by atoms with Gasteiger partial charge in [0, 0.05) is 31.2 Å². The van der Waals surface area contributed by atoms with Gasteiger partial charge in [-0.1, -0.05) is 6.42 Å². The summed E-state index contributed by atoms with van der Waals surface area (Å²) >= 11 is 0. The fourth-order valence-electron chi connectivity index (χ4n) is 5.17. The second-order valence-electron chi connectivity index (χ2n) is 7.05. The van der Waals surface area contributed by atoms with Crippen LogP contribution in [0.3, 0.4) is 0 Å². The van der Waals surface area contributed by atoms with Crippen LogP contribution in [-0.4, -0.2) is 54.6 Å². The number of rotatable bonds is 2. The van der Waals surface area contributed by atoms with Crippen LogP contribution in [0.25, 0.3) is 0 Å². The average molecular weight is 251 g/mol. The van der Waals surface area contributed by atoms with Crippen LogP contribution in [0.2, 0.25) is 0 Å². The van der Waals surface area contributed by atoms with E-state index >= 15 is 0 Å². The van der Waals surface area contributed by atoms with Gasteiger partial charge in [0.15, 0.2) is 0 Å². The smallest absolute Gasteiger partial charge is 0.0365 e. The standard InChI is InChI=1S/C15H29N3/c1-12-10-17(2)6-3-7-18(12)15(11-16)9-13-4-5-14(15)8-13/h12-14H,3-11,16H2,1-2H3. The van der Waals surface area contributed by atoms with Gasteiger partial charge in [0.05, 0.1) is 0 Å². The van der Waals surface area contributed by atoms with Gasteiger partial charge in [-0.3, -0.25) is 4.90 Å². The van der Waals surface area contributed by atoms with E-state index in [1.807, 2.05) is 0 Å². The Hall–Kier alpha value is -0.120. The van der Waals surface area contributed by atoms with Gasteiger partial charge >= 0.3 is 0 Å². The van der Waals surface area contributed by atoms with Crippen molar-refractivity contribution in [3.8, 4) is 0 Å². The summed E-state index contributed by atoms with van der Waals surface area (Å²) in [7, 11) is 2.26. The van der Waals surface area contributed by atoms with Gasteiger partial charge < -0.3 is 10.6 Å². The third kappa shape index (κ3) is 1.91. The quantitative estimate of drug-likeness (QED) is 0.808. The molecule has 3 heteroatoms. The highest BCUT2D eigenvalue weighted by molar-refractivity contribution is 5.09. The Labute approximate surface area is 112 Å². The van der Waals surface area contributed by atoms with Gasteiger partial charge in [0.25, 0.3) is 0 Å². The van der Waals surface area contributed by atoms with Crippen molar-refractivity contribution in [3.63, 3.8) is 0 Å². The van der Waals surface area contributed by atoms with Gasteiger partial charge in [-0.05, 0) is 58.0 Å². The summed E-state index contributed by atoms with van der Waals surface area (Å²) in [4.78, 5) is 5.29. The summed E-state index contributed by atoms with van der Waals surface area (Å²) in [6.45, 7) is 6.99. The van der Waals surface area contributed by atoms with Gasteiger partial charge in [-0.15, -0.1) is 0 Å². The first-order valence-electron chi connectivity index (χ1n) is 7.81. The maximum Gasteiger partial charge on any atom is 0.0365 e. The fraction of sp³-hybridized carbons (Fsp3) is 1.00. The lowest BCUT2D eigenvalue weighted by Gasteiger charge is -2.49. The average Bonchev–Trinajstić information content (AvgIpc) is 2.90. The summed E-state index contributed by atoms with van der Waals surface area (Å²) in [5.74, 6) is 1.87. The highest BCUT2D eigenvalue weighted by atomic mass is 15.3. The van der Waals surface area contributed by atoms with Crippen LogP contribution < -0.4 is 5.73 Å². The maximum absolute atomic E-state index is 6.28. The van der Waals surface area contributed by atoms with E-state index in [0.717, 1.165) is 18.4 Å². The van der Waals surface area contributed by atoms with Crippen LogP contribution in [0.15, 0.2) is 0 Å². The van der Waals surface area contributed by atoms with Gasteiger partial charge in [0.1, 0.15) is 0 Å². The molecule has 0 aromatic heterocycles. The normalized spacial score (nSPS) is 46.5. The molecule has 18 heavy (non-hydrogen) atoms. The topological polar surface area (TPSA) is 32.5 Å². The van der Waals surface area contributed by atoms with Gasteiger partial charge in [0.2, 0.25) is 0 Å².